The van der Waals surface area contributed by atoms with Crippen LogP contribution in [0.1, 0.15) is 0 Å². The molecule has 0 bridgehead atoms. The lowest BCUT2D eigenvalue weighted by atomic mass is 10.3. The van der Waals surface area contributed by atoms with Crippen molar-refractivity contribution in [3.63, 3.8) is 0 Å². The normalized spacial score (nSPS) is 10.2. The molecule has 0 atom stereocenters. The van der Waals surface area contributed by atoms with E-state index in [1.165, 1.54) is 18.5 Å². The first-order valence-electron chi connectivity index (χ1n) is 3.78. The molecule has 2 aromatic rings. The summed E-state index contributed by atoms with van der Waals surface area (Å²) >= 11 is 0. The van der Waals surface area contributed by atoms with E-state index in [-0.39, 0.29) is 12.4 Å². The summed E-state index contributed by atoms with van der Waals surface area (Å²) in [5.41, 5.74) is 1.36. The second kappa shape index (κ2) is 2.87. The molecule has 0 N–H and O–H groups in total. The van der Waals surface area contributed by atoms with Crippen molar-refractivity contribution in [3.05, 3.63) is 30.3 Å². The molecule has 3 nitrogen and oxygen atoms in total. The van der Waals surface area contributed by atoms with Gasteiger partial charge >= 0.3 is 0 Å². The standard InChI is InChI=1S/C9H6FN3/c10-7-1-2-8-9(5-7)13(4-3-11)6-12-8/h1-2,5-6H,4H2. The maximum absolute atomic E-state index is 12.8. The summed E-state index contributed by atoms with van der Waals surface area (Å²) in [7, 11) is 0. The zero-order valence-corrected chi connectivity index (χ0v) is 6.74. The molecule has 2 rings (SSSR count). The van der Waals surface area contributed by atoms with Gasteiger partial charge in [-0.15, -0.1) is 0 Å². The second-order valence-electron chi connectivity index (χ2n) is 2.66. The third-order valence-electron chi connectivity index (χ3n) is 1.82. The van der Waals surface area contributed by atoms with Crippen molar-refractivity contribution < 1.29 is 4.39 Å². The van der Waals surface area contributed by atoms with Crippen molar-refractivity contribution in [1.29, 1.82) is 5.26 Å². The van der Waals surface area contributed by atoms with Crippen LogP contribution in [0.3, 0.4) is 0 Å². The number of benzene rings is 1. The Labute approximate surface area is 74.0 Å². The third kappa shape index (κ3) is 1.25. The molecule has 64 valence electrons. The Hall–Kier alpha value is -1.89. The van der Waals surface area contributed by atoms with Gasteiger partial charge < -0.3 is 4.57 Å². The molecule has 0 aliphatic heterocycles. The molecule has 0 radical (unpaired) electrons. The van der Waals surface area contributed by atoms with Crippen LogP contribution in [-0.4, -0.2) is 9.55 Å². The van der Waals surface area contributed by atoms with Crippen molar-refractivity contribution >= 4 is 11.0 Å². The quantitative estimate of drug-likeness (QED) is 0.661. The van der Waals surface area contributed by atoms with Gasteiger partial charge in [-0.25, -0.2) is 9.37 Å². The first kappa shape index (κ1) is 7.74. The van der Waals surface area contributed by atoms with Gasteiger partial charge in [0.05, 0.1) is 23.4 Å². The number of nitriles is 1. The van der Waals surface area contributed by atoms with Crippen molar-refractivity contribution in [2.45, 2.75) is 6.54 Å². The smallest absolute Gasteiger partial charge is 0.125 e. The van der Waals surface area contributed by atoms with E-state index < -0.39 is 0 Å². The Morgan fingerprint density at radius 2 is 2.38 bits per heavy atom. The molecule has 1 aromatic carbocycles. The highest BCUT2D eigenvalue weighted by atomic mass is 19.1. The predicted octanol–water partition coefficient (Wildman–Crippen LogP) is 1.70. The van der Waals surface area contributed by atoms with Crippen LogP contribution in [0.25, 0.3) is 11.0 Å². The van der Waals surface area contributed by atoms with E-state index >= 15 is 0 Å². The summed E-state index contributed by atoms with van der Waals surface area (Å²) in [6.07, 6.45) is 1.54. The zero-order chi connectivity index (χ0) is 9.26. The Kier molecular flexibility index (Phi) is 1.71. The lowest BCUT2D eigenvalue weighted by Crippen LogP contribution is -1.92. The van der Waals surface area contributed by atoms with Gasteiger partial charge in [-0.1, -0.05) is 0 Å². The lowest BCUT2D eigenvalue weighted by Gasteiger charge is -1.95. The number of halogens is 1. The molecule has 0 amide bonds. The van der Waals surface area contributed by atoms with E-state index in [1.54, 1.807) is 10.6 Å². The molecule has 1 heterocycles. The van der Waals surface area contributed by atoms with Crippen molar-refractivity contribution in [2.24, 2.45) is 0 Å². The molecule has 0 fully saturated rings. The van der Waals surface area contributed by atoms with Crippen molar-refractivity contribution in [3.8, 4) is 6.07 Å². The summed E-state index contributed by atoms with van der Waals surface area (Å²) in [5, 5.41) is 8.47. The van der Waals surface area contributed by atoms with E-state index in [1.807, 2.05) is 6.07 Å². The number of hydrogen-bond acceptors (Lipinski definition) is 2. The minimum absolute atomic E-state index is 0.194. The van der Waals surface area contributed by atoms with Crippen LogP contribution in [0.15, 0.2) is 24.5 Å². The van der Waals surface area contributed by atoms with Gasteiger partial charge in [-0.2, -0.15) is 5.26 Å². The fourth-order valence-electron chi connectivity index (χ4n) is 1.23. The van der Waals surface area contributed by atoms with E-state index in [0.29, 0.717) is 11.0 Å². The average Bonchev–Trinajstić information content (AvgIpc) is 2.49. The molecule has 4 heteroatoms. The Bertz CT molecular complexity index is 481. The highest BCUT2D eigenvalue weighted by molar-refractivity contribution is 5.75. The summed E-state index contributed by atoms with van der Waals surface area (Å²) < 4.78 is 14.4. The molecular weight excluding hydrogens is 169 g/mol. The SMILES string of the molecule is N#CCn1cnc2ccc(F)cc21. The Balaban J connectivity index is 2.66. The molecular formula is C9H6FN3. The topological polar surface area (TPSA) is 41.6 Å². The molecule has 0 aliphatic carbocycles. The first-order valence-corrected chi connectivity index (χ1v) is 3.78. The maximum atomic E-state index is 12.8. The summed E-state index contributed by atoms with van der Waals surface area (Å²) in [6.45, 7) is 0.194. The molecule has 1 aromatic heterocycles. The van der Waals surface area contributed by atoms with Gasteiger partial charge in [0.1, 0.15) is 12.4 Å². The maximum Gasteiger partial charge on any atom is 0.125 e. The number of fused-ring (bicyclic) bond motifs is 1. The lowest BCUT2D eigenvalue weighted by molar-refractivity contribution is 0.628. The second-order valence-corrected chi connectivity index (χ2v) is 2.66. The summed E-state index contributed by atoms with van der Waals surface area (Å²) in [6, 6.07) is 6.31. The Morgan fingerprint density at radius 1 is 1.54 bits per heavy atom. The highest BCUT2D eigenvalue weighted by Gasteiger charge is 2.02. The van der Waals surface area contributed by atoms with Gasteiger partial charge in [0.2, 0.25) is 0 Å². The fourth-order valence-corrected chi connectivity index (χ4v) is 1.23. The molecule has 13 heavy (non-hydrogen) atoms. The minimum atomic E-state index is -0.313. The number of rotatable bonds is 1. The molecule has 0 unspecified atom stereocenters. The van der Waals surface area contributed by atoms with Crippen LogP contribution in [0, 0.1) is 17.1 Å². The number of imidazole rings is 1. The van der Waals surface area contributed by atoms with Crippen LogP contribution < -0.4 is 0 Å². The number of aromatic nitrogens is 2. The fraction of sp³-hybridized carbons (Fsp3) is 0.111. The van der Waals surface area contributed by atoms with Gasteiger partial charge in [0.15, 0.2) is 0 Å². The average molecular weight is 175 g/mol. The molecule has 0 spiro atoms. The van der Waals surface area contributed by atoms with Crippen LogP contribution in [-0.2, 0) is 6.54 Å². The van der Waals surface area contributed by atoms with E-state index in [2.05, 4.69) is 4.98 Å². The van der Waals surface area contributed by atoms with Crippen molar-refractivity contribution in [1.82, 2.24) is 9.55 Å². The van der Waals surface area contributed by atoms with Crippen LogP contribution in [0.4, 0.5) is 4.39 Å². The van der Waals surface area contributed by atoms with Gasteiger partial charge in [0.25, 0.3) is 0 Å². The van der Waals surface area contributed by atoms with Crippen LogP contribution in [0.2, 0.25) is 0 Å². The molecule has 0 saturated carbocycles. The van der Waals surface area contributed by atoms with Crippen molar-refractivity contribution in [2.75, 3.05) is 0 Å². The highest BCUT2D eigenvalue weighted by Crippen LogP contribution is 2.13. The summed E-state index contributed by atoms with van der Waals surface area (Å²) in [4.78, 5) is 4.02. The summed E-state index contributed by atoms with van der Waals surface area (Å²) in [5.74, 6) is -0.313. The van der Waals surface area contributed by atoms with E-state index in [0.717, 1.165) is 0 Å². The largest absolute Gasteiger partial charge is 0.316 e. The number of nitrogens with zero attached hydrogens (tertiary/aromatic N) is 3. The van der Waals surface area contributed by atoms with Crippen LogP contribution >= 0.6 is 0 Å². The first-order chi connectivity index (χ1) is 6.31. The molecule has 0 saturated heterocycles. The zero-order valence-electron chi connectivity index (χ0n) is 6.74. The predicted molar refractivity (Wildman–Crippen MR) is 45.3 cm³/mol. The Morgan fingerprint density at radius 3 is 3.15 bits per heavy atom. The minimum Gasteiger partial charge on any atom is -0.316 e. The number of hydrogen-bond donors (Lipinski definition) is 0. The van der Waals surface area contributed by atoms with Crippen LogP contribution in [0.5, 0.6) is 0 Å². The van der Waals surface area contributed by atoms with Gasteiger partial charge in [-0.3, -0.25) is 0 Å². The van der Waals surface area contributed by atoms with E-state index in [9.17, 15) is 4.39 Å². The molecule has 0 aliphatic rings. The van der Waals surface area contributed by atoms with Gasteiger partial charge in [-0.05, 0) is 18.2 Å². The monoisotopic (exact) mass is 175 g/mol. The van der Waals surface area contributed by atoms with Gasteiger partial charge in [0, 0.05) is 0 Å². The van der Waals surface area contributed by atoms with E-state index in [4.69, 9.17) is 5.26 Å². The third-order valence-corrected chi connectivity index (χ3v) is 1.82.